The molecular weight excluding hydrogens is 136 g/mol. The van der Waals surface area contributed by atoms with Crippen LogP contribution < -0.4 is 5.32 Å². The van der Waals surface area contributed by atoms with Gasteiger partial charge < -0.3 is 0 Å². The second-order valence-corrected chi connectivity index (χ2v) is 3.06. The first-order valence-electron chi connectivity index (χ1n) is 4.36. The summed E-state index contributed by atoms with van der Waals surface area (Å²) in [5, 5.41) is 11.7. The summed E-state index contributed by atoms with van der Waals surface area (Å²) in [6.45, 7) is 6.20. The molecule has 0 fully saturated rings. The van der Waals surface area contributed by atoms with Crippen molar-refractivity contribution in [3.05, 3.63) is 0 Å². The van der Waals surface area contributed by atoms with Crippen LogP contribution in [-0.2, 0) is 0 Å². The first-order chi connectivity index (χ1) is 5.20. The maximum Gasteiger partial charge on any atom is 0.0926 e. The van der Waals surface area contributed by atoms with E-state index in [1.807, 2.05) is 6.92 Å². The fraction of sp³-hybridized carbons (Fsp3) is 0.889. The first-order valence-corrected chi connectivity index (χ1v) is 4.36. The lowest BCUT2D eigenvalue weighted by atomic mass is 10.1. The Morgan fingerprint density at radius 1 is 1.45 bits per heavy atom. The Hall–Kier alpha value is -0.550. The van der Waals surface area contributed by atoms with E-state index in [0.717, 1.165) is 0 Å². The van der Waals surface area contributed by atoms with Gasteiger partial charge in [-0.25, -0.2) is 0 Å². The van der Waals surface area contributed by atoms with Gasteiger partial charge in [0.1, 0.15) is 0 Å². The molecule has 0 spiro atoms. The zero-order chi connectivity index (χ0) is 8.69. The van der Waals surface area contributed by atoms with E-state index in [9.17, 15) is 0 Å². The maximum absolute atomic E-state index is 8.50. The smallest absolute Gasteiger partial charge is 0.0926 e. The van der Waals surface area contributed by atoms with Gasteiger partial charge in [-0.05, 0) is 20.3 Å². The quantitative estimate of drug-likeness (QED) is 0.658. The molecule has 2 atom stereocenters. The van der Waals surface area contributed by atoms with E-state index in [4.69, 9.17) is 5.26 Å². The highest BCUT2D eigenvalue weighted by molar-refractivity contribution is 4.86. The van der Waals surface area contributed by atoms with Crippen molar-refractivity contribution in [2.24, 2.45) is 0 Å². The van der Waals surface area contributed by atoms with Crippen molar-refractivity contribution < 1.29 is 0 Å². The molecule has 0 aliphatic rings. The van der Waals surface area contributed by atoms with E-state index >= 15 is 0 Å². The van der Waals surface area contributed by atoms with Crippen LogP contribution in [0.4, 0.5) is 0 Å². The molecule has 0 aromatic heterocycles. The number of rotatable bonds is 5. The molecule has 0 aliphatic heterocycles. The standard InChI is InChI=1S/C9H18N2/c1-4-5-6-8(2)11-9(3)7-10/h8-9,11H,4-6H2,1-3H3. The average Bonchev–Trinajstić information content (AvgIpc) is 2.00. The molecular formula is C9H18N2. The van der Waals surface area contributed by atoms with Crippen LogP contribution in [0.3, 0.4) is 0 Å². The minimum atomic E-state index is -0.0122. The lowest BCUT2D eigenvalue weighted by molar-refractivity contribution is 0.476. The van der Waals surface area contributed by atoms with Gasteiger partial charge in [-0.15, -0.1) is 0 Å². The molecule has 2 nitrogen and oxygen atoms in total. The Kier molecular flexibility index (Phi) is 5.87. The van der Waals surface area contributed by atoms with E-state index < -0.39 is 0 Å². The predicted molar refractivity (Wildman–Crippen MR) is 47.2 cm³/mol. The molecule has 1 N–H and O–H groups in total. The van der Waals surface area contributed by atoms with Crippen molar-refractivity contribution in [3.63, 3.8) is 0 Å². The topological polar surface area (TPSA) is 35.8 Å². The minimum absolute atomic E-state index is 0.0122. The summed E-state index contributed by atoms with van der Waals surface area (Å²) in [5.41, 5.74) is 0. The van der Waals surface area contributed by atoms with Crippen molar-refractivity contribution in [2.75, 3.05) is 0 Å². The molecule has 2 unspecified atom stereocenters. The fourth-order valence-electron chi connectivity index (χ4n) is 1.06. The number of nitrogens with one attached hydrogen (secondary N) is 1. The molecule has 0 heterocycles. The Morgan fingerprint density at radius 2 is 2.09 bits per heavy atom. The van der Waals surface area contributed by atoms with Gasteiger partial charge >= 0.3 is 0 Å². The third-order valence-corrected chi connectivity index (χ3v) is 1.72. The molecule has 0 saturated heterocycles. The molecule has 0 aliphatic carbocycles. The molecule has 0 rings (SSSR count). The van der Waals surface area contributed by atoms with Crippen LogP contribution in [-0.4, -0.2) is 12.1 Å². The Morgan fingerprint density at radius 3 is 2.55 bits per heavy atom. The summed E-state index contributed by atoms with van der Waals surface area (Å²) in [6.07, 6.45) is 3.64. The first kappa shape index (κ1) is 10.4. The van der Waals surface area contributed by atoms with Crippen LogP contribution in [0.2, 0.25) is 0 Å². The molecule has 0 amide bonds. The van der Waals surface area contributed by atoms with Crippen LogP contribution in [0.25, 0.3) is 0 Å². The number of hydrogen-bond acceptors (Lipinski definition) is 2. The van der Waals surface area contributed by atoms with E-state index in [1.165, 1.54) is 19.3 Å². The van der Waals surface area contributed by atoms with Gasteiger partial charge in [0.2, 0.25) is 0 Å². The molecule has 11 heavy (non-hydrogen) atoms. The number of hydrogen-bond donors (Lipinski definition) is 1. The SMILES string of the molecule is CCCCC(C)NC(C)C#N. The highest BCUT2D eigenvalue weighted by Gasteiger charge is 2.04. The summed E-state index contributed by atoms with van der Waals surface area (Å²) < 4.78 is 0. The van der Waals surface area contributed by atoms with Crippen LogP contribution in [0.1, 0.15) is 40.0 Å². The molecule has 0 saturated carbocycles. The Balaban J connectivity index is 3.37. The Bertz CT molecular complexity index is 126. The monoisotopic (exact) mass is 154 g/mol. The van der Waals surface area contributed by atoms with E-state index in [2.05, 4.69) is 25.2 Å². The minimum Gasteiger partial charge on any atom is -0.300 e. The summed E-state index contributed by atoms with van der Waals surface area (Å²) >= 11 is 0. The van der Waals surface area contributed by atoms with Crippen molar-refractivity contribution in [2.45, 2.75) is 52.1 Å². The van der Waals surface area contributed by atoms with Crippen molar-refractivity contribution >= 4 is 0 Å². The Labute approximate surface area is 69.6 Å². The third kappa shape index (κ3) is 5.87. The van der Waals surface area contributed by atoms with E-state index in [-0.39, 0.29) is 6.04 Å². The maximum atomic E-state index is 8.50. The summed E-state index contributed by atoms with van der Waals surface area (Å²) in [6, 6.07) is 2.63. The normalized spacial score (nSPS) is 15.5. The summed E-state index contributed by atoms with van der Waals surface area (Å²) in [7, 11) is 0. The van der Waals surface area contributed by atoms with E-state index in [0.29, 0.717) is 6.04 Å². The molecule has 64 valence electrons. The van der Waals surface area contributed by atoms with Gasteiger partial charge in [0.15, 0.2) is 0 Å². The predicted octanol–water partition coefficient (Wildman–Crippen LogP) is 2.07. The third-order valence-electron chi connectivity index (χ3n) is 1.72. The van der Waals surface area contributed by atoms with Gasteiger partial charge in [-0.2, -0.15) is 5.26 Å². The van der Waals surface area contributed by atoms with Crippen LogP contribution in [0.15, 0.2) is 0 Å². The molecule has 0 aromatic rings. The van der Waals surface area contributed by atoms with Gasteiger partial charge in [0.05, 0.1) is 12.1 Å². The second-order valence-electron chi connectivity index (χ2n) is 3.06. The van der Waals surface area contributed by atoms with Gasteiger partial charge in [-0.3, -0.25) is 5.32 Å². The highest BCUT2D eigenvalue weighted by atomic mass is 14.9. The molecule has 2 heteroatoms. The largest absolute Gasteiger partial charge is 0.300 e. The highest BCUT2D eigenvalue weighted by Crippen LogP contribution is 1.99. The molecule has 0 bridgehead atoms. The van der Waals surface area contributed by atoms with E-state index in [1.54, 1.807) is 0 Å². The fourth-order valence-corrected chi connectivity index (χ4v) is 1.06. The number of nitriles is 1. The van der Waals surface area contributed by atoms with Crippen molar-refractivity contribution in [1.82, 2.24) is 5.32 Å². The lowest BCUT2D eigenvalue weighted by Crippen LogP contribution is -2.33. The van der Waals surface area contributed by atoms with Crippen LogP contribution in [0.5, 0.6) is 0 Å². The zero-order valence-corrected chi connectivity index (χ0v) is 7.72. The lowest BCUT2D eigenvalue weighted by Gasteiger charge is -2.14. The zero-order valence-electron chi connectivity index (χ0n) is 7.72. The van der Waals surface area contributed by atoms with Gasteiger partial charge in [-0.1, -0.05) is 19.8 Å². The van der Waals surface area contributed by atoms with Crippen molar-refractivity contribution in [1.29, 1.82) is 5.26 Å². The van der Waals surface area contributed by atoms with Gasteiger partial charge in [0.25, 0.3) is 0 Å². The summed E-state index contributed by atoms with van der Waals surface area (Å²) in [5.74, 6) is 0. The average molecular weight is 154 g/mol. The molecule has 0 radical (unpaired) electrons. The van der Waals surface area contributed by atoms with Crippen LogP contribution >= 0.6 is 0 Å². The van der Waals surface area contributed by atoms with Crippen LogP contribution in [0, 0.1) is 11.3 Å². The second kappa shape index (κ2) is 6.18. The number of unbranched alkanes of at least 4 members (excludes halogenated alkanes) is 1. The van der Waals surface area contributed by atoms with Crippen molar-refractivity contribution in [3.8, 4) is 6.07 Å². The van der Waals surface area contributed by atoms with Gasteiger partial charge in [0, 0.05) is 6.04 Å². The molecule has 0 aromatic carbocycles. The summed E-state index contributed by atoms with van der Waals surface area (Å²) in [4.78, 5) is 0. The number of nitrogens with zero attached hydrogens (tertiary/aromatic N) is 1.